The number of aliphatic hydroxyl groups excluding tert-OH is 2. The monoisotopic (exact) mass is 439 g/mol. The number of likely N-dealkylation sites (tertiary alicyclic amines) is 3. The van der Waals surface area contributed by atoms with Gasteiger partial charge in [0.25, 0.3) is 0 Å². The minimum Gasteiger partial charge on any atom is -0.391 e. The van der Waals surface area contributed by atoms with E-state index < -0.39 is 47.1 Å². The second-order valence-corrected chi connectivity index (χ2v) is 9.80. The highest BCUT2D eigenvalue weighted by Gasteiger charge is 2.71. The first-order valence-electron chi connectivity index (χ1n) is 10.6. The Morgan fingerprint density at radius 3 is 1.74 bits per heavy atom. The molecule has 3 fully saturated rings. The molecule has 2 spiro atoms. The summed E-state index contributed by atoms with van der Waals surface area (Å²) in [4.78, 5) is 54.6. The van der Waals surface area contributed by atoms with Gasteiger partial charge in [0.15, 0.2) is 0 Å². The maximum atomic E-state index is 13.3. The summed E-state index contributed by atoms with van der Waals surface area (Å²) in [5, 5.41) is 19.8. The Balaban J connectivity index is 1.85. The van der Waals surface area contributed by atoms with E-state index >= 15 is 0 Å². The van der Waals surface area contributed by atoms with E-state index in [-0.39, 0.29) is 37.2 Å². The molecule has 31 heavy (non-hydrogen) atoms. The molecule has 0 aromatic carbocycles. The molecule has 3 aliphatic rings. The zero-order chi connectivity index (χ0) is 23.5. The van der Waals surface area contributed by atoms with Crippen LogP contribution in [0.5, 0.6) is 0 Å². The lowest BCUT2D eigenvalue weighted by atomic mass is 9.70. The molecule has 6 N–H and O–H groups in total. The summed E-state index contributed by atoms with van der Waals surface area (Å²) in [6.07, 6.45) is -1.98. The Kier molecular flexibility index (Phi) is 5.83. The Labute approximate surface area is 181 Å². The van der Waals surface area contributed by atoms with Gasteiger partial charge in [-0.15, -0.1) is 0 Å². The number of rotatable bonds is 8. The maximum absolute atomic E-state index is 13.3. The minimum atomic E-state index is -1.13. The highest BCUT2D eigenvalue weighted by Crippen LogP contribution is 2.53. The van der Waals surface area contributed by atoms with Gasteiger partial charge in [-0.05, 0) is 26.2 Å². The van der Waals surface area contributed by atoms with E-state index in [1.807, 2.05) is 18.7 Å². The molecular weight excluding hydrogens is 406 g/mol. The van der Waals surface area contributed by atoms with Gasteiger partial charge in [-0.1, -0.05) is 13.8 Å². The summed E-state index contributed by atoms with van der Waals surface area (Å²) in [5.74, 6) is -1.98. The van der Waals surface area contributed by atoms with Crippen LogP contribution < -0.4 is 11.5 Å². The number of hydrogen-bond acceptors (Lipinski definition) is 7. The van der Waals surface area contributed by atoms with Crippen molar-refractivity contribution in [1.82, 2.24) is 14.7 Å². The number of carbonyl (C=O) groups excluding carboxylic acids is 4. The van der Waals surface area contributed by atoms with Gasteiger partial charge < -0.3 is 31.5 Å². The standard InChI is InChI=1S/C20H33N5O6/c1-10(2)5-23-7-19(8-24(17(19)30)13(11(3)26)15(21)28)6-20(23)9-25(18(20)31)14(12(4)27)16(22)29/h10-14,26-27H,5-9H2,1-4H3,(H2,21,28)(H2,22,29)/t11-,12-,13+,14+,19?,20-/m1/s1. The van der Waals surface area contributed by atoms with Crippen LogP contribution in [0.3, 0.4) is 0 Å². The average molecular weight is 440 g/mol. The molecular formula is C20H33N5O6. The smallest absolute Gasteiger partial charge is 0.245 e. The Morgan fingerprint density at radius 1 is 0.903 bits per heavy atom. The van der Waals surface area contributed by atoms with Crippen LogP contribution >= 0.6 is 0 Å². The number of amides is 4. The van der Waals surface area contributed by atoms with Crippen LogP contribution in [-0.2, 0) is 19.2 Å². The lowest BCUT2D eigenvalue weighted by Gasteiger charge is -2.55. The van der Waals surface area contributed by atoms with E-state index in [1.54, 1.807) is 0 Å². The topological polar surface area (TPSA) is 170 Å². The second-order valence-electron chi connectivity index (χ2n) is 9.80. The number of primary amides is 2. The lowest BCUT2D eigenvalue weighted by molar-refractivity contribution is -0.175. The first-order chi connectivity index (χ1) is 14.3. The second kappa shape index (κ2) is 7.72. The van der Waals surface area contributed by atoms with Crippen LogP contribution in [0, 0.1) is 11.3 Å². The van der Waals surface area contributed by atoms with Crippen LogP contribution in [-0.4, -0.2) is 105 Å². The molecule has 3 aliphatic heterocycles. The molecule has 3 heterocycles. The summed E-state index contributed by atoms with van der Waals surface area (Å²) >= 11 is 0. The molecule has 0 bridgehead atoms. The molecule has 174 valence electrons. The molecule has 0 saturated carbocycles. The van der Waals surface area contributed by atoms with E-state index in [0.717, 1.165) is 0 Å². The van der Waals surface area contributed by atoms with Gasteiger partial charge in [-0.2, -0.15) is 0 Å². The normalized spacial score (nSPS) is 32.2. The van der Waals surface area contributed by atoms with Crippen LogP contribution in [0.1, 0.15) is 34.1 Å². The van der Waals surface area contributed by atoms with Crippen molar-refractivity contribution in [2.75, 3.05) is 26.2 Å². The van der Waals surface area contributed by atoms with Crippen LogP contribution in [0.4, 0.5) is 0 Å². The number of β-lactam (4-membered cyclic amide) rings is 2. The third kappa shape index (κ3) is 3.48. The maximum Gasteiger partial charge on any atom is 0.245 e. The van der Waals surface area contributed by atoms with Crippen molar-refractivity contribution in [2.45, 2.75) is 63.9 Å². The molecule has 3 rings (SSSR count). The van der Waals surface area contributed by atoms with Crippen molar-refractivity contribution >= 4 is 23.6 Å². The molecule has 6 atom stereocenters. The van der Waals surface area contributed by atoms with Crippen molar-refractivity contribution in [2.24, 2.45) is 22.8 Å². The van der Waals surface area contributed by atoms with Crippen LogP contribution in [0.25, 0.3) is 0 Å². The van der Waals surface area contributed by atoms with E-state index in [0.29, 0.717) is 13.1 Å². The van der Waals surface area contributed by atoms with Gasteiger partial charge in [0.1, 0.15) is 17.6 Å². The number of nitrogens with zero attached hydrogens (tertiary/aromatic N) is 3. The van der Waals surface area contributed by atoms with E-state index in [1.165, 1.54) is 23.6 Å². The summed E-state index contributed by atoms with van der Waals surface area (Å²) in [7, 11) is 0. The molecule has 3 saturated heterocycles. The molecule has 11 nitrogen and oxygen atoms in total. The number of nitrogens with two attached hydrogens (primary N) is 2. The first-order valence-corrected chi connectivity index (χ1v) is 10.6. The largest absolute Gasteiger partial charge is 0.391 e. The Hall–Kier alpha value is -2.24. The molecule has 4 amide bonds. The number of aliphatic hydroxyl groups is 2. The van der Waals surface area contributed by atoms with Gasteiger partial charge >= 0.3 is 0 Å². The van der Waals surface area contributed by atoms with Crippen LogP contribution in [0.15, 0.2) is 0 Å². The molecule has 0 aromatic heterocycles. The van der Waals surface area contributed by atoms with Crippen LogP contribution in [0.2, 0.25) is 0 Å². The number of carbonyl (C=O) groups is 4. The summed E-state index contributed by atoms with van der Waals surface area (Å²) in [5.41, 5.74) is 8.97. The fourth-order valence-electron chi connectivity index (χ4n) is 5.57. The molecule has 0 aliphatic carbocycles. The van der Waals surface area contributed by atoms with Crippen molar-refractivity contribution in [3.63, 3.8) is 0 Å². The Bertz CT molecular complexity index is 801. The summed E-state index contributed by atoms with van der Waals surface area (Å²) in [6, 6.07) is -2.24. The lowest BCUT2D eigenvalue weighted by Crippen LogP contribution is -2.77. The van der Waals surface area contributed by atoms with Crippen molar-refractivity contribution in [3.8, 4) is 0 Å². The zero-order valence-electron chi connectivity index (χ0n) is 18.4. The molecule has 11 heteroatoms. The van der Waals surface area contributed by atoms with E-state index in [9.17, 15) is 29.4 Å². The zero-order valence-corrected chi connectivity index (χ0v) is 18.4. The highest BCUT2D eigenvalue weighted by molar-refractivity contribution is 6.01. The third-order valence-electron chi connectivity index (χ3n) is 6.76. The molecule has 0 radical (unpaired) electrons. The quantitative estimate of drug-likeness (QED) is 0.296. The first kappa shape index (κ1) is 23.4. The van der Waals surface area contributed by atoms with Gasteiger partial charge in [-0.3, -0.25) is 24.1 Å². The molecule has 0 aromatic rings. The van der Waals surface area contributed by atoms with Crippen molar-refractivity contribution in [1.29, 1.82) is 0 Å². The van der Waals surface area contributed by atoms with E-state index in [4.69, 9.17) is 11.5 Å². The summed E-state index contributed by atoms with van der Waals surface area (Å²) < 4.78 is 0. The van der Waals surface area contributed by atoms with Gasteiger partial charge in [0, 0.05) is 26.2 Å². The van der Waals surface area contributed by atoms with Crippen molar-refractivity contribution in [3.05, 3.63) is 0 Å². The fraction of sp³-hybridized carbons (Fsp3) is 0.800. The Morgan fingerprint density at radius 2 is 1.39 bits per heavy atom. The minimum absolute atomic E-state index is 0.182. The van der Waals surface area contributed by atoms with E-state index in [2.05, 4.69) is 0 Å². The van der Waals surface area contributed by atoms with Gasteiger partial charge in [0.2, 0.25) is 23.6 Å². The van der Waals surface area contributed by atoms with Gasteiger partial charge in [0.05, 0.1) is 17.6 Å². The SMILES string of the molecule is CC(C)CN1CC2(CN([C@H](C(N)=O)[C@@H](C)O)C2=O)C[C@]12CN([C@H](C(N)=O)[C@@H](C)O)C2=O. The summed E-state index contributed by atoms with van der Waals surface area (Å²) in [6.45, 7) is 8.12. The predicted molar refractivity (Wildman–Crippen MR) is 109 cm³/mol. The average Bonchev–Trinajstić information content (AvgIpc) is 2.97. The highest BCUT2D eigenvalue weighted by atomic mass is 16.3. The fourth-order valence-corrected chi connectivity index (χ4v) is 5.57. The third-order valence-corrected chi connectivity index (χ3v) is 6.76. The number of hydrogen-bond donors (Lipinski definition) is 4. The molecule has 1 unspecified atom stereocenters. The van der Waals surface area contributed by atoms with Crippen molar-refractivity contribution < 1.29 is 29.4 Å². The predicted octanol–water partition coefficient (Wildman–Crippen LogP) is -2.77. The van der Waals surface area contributed by atoms with Gasteiger partial charge in [-0.25, -0.2) is 0 Å².